The summed E-state index contributed by atoms with van der Waals surface area (Å²) in [6.45, 7) is 4.75. The van der Waals surface area contributed by atoms with E-state index < -0.39 is 0 Å². The first-order valence-electron chi connectivity index (χ1n) is 10.0. The number of nitrogens with one attached hydrogen (secondary N) is 1. The van der Waals surface area contributed by atoms with Crippen LogP contribution in [0.3, 0.4) is 0 Å². The molecule has 7 heteroatoms. The second kappa shape index (κ2) is 8.76. The third kappa shape index (κ3) is 4.59. The Balaban J connectivity index is 1.39. The van der Waals surface area contributed by atoms with E-state index in [-0.39, 0.29) is 17.7 Å². The van der Waals surface area contributed by atoms with E-state index in [1.165, 1.54) is 6.08 Å². The molecular formula is C24H21N5O2. The smallest absolute Gasteiger partial charge is 0.253 e. The number of nitrogens with zero attached hydrogens (tertiary/aromatic N) is 4. The van der Waals surface area contributed by atoms with Gasteiger partial charge in [0.2, 0.25) is 5.91 Å². The third-order valence-electron chi connectivity index (χ3n) is 5.39. The molecule has 1 saturated heterocycles. The SMILES string of the molecule is C=CC(=O)Nc1ccc(C(=O)N2CC[C@@H](Cc3ncc4ccc(C#N)cc4n3)C2)cc1. The number of fused-ring (bicyclic) bond motifs is 1. The van der Waals surface area contributed by atoms with Crippen LogP contribution in [0.15, 0.2) is 61.3 Å². The number of hydrogen-bond acceptors (Lipinski definition) is 5. The molecule has 0 bridgehead atoms. The van der Waals surface area contributed by atoms with Crippen LogP contribution in [-0.4, -0.2) is 39.8 Å². The molecule has 1 aliphatic heterocycles. The highest BCUT2D eigenvalue weighted by Crippen LogP contribution is 2.23. The molecule has 0 saturated carbocycles. The monoisotopic (exact) mass is 411 g/mol. The van der Waals surface area contributed by atoms with Crippen LogP contribution in [0.1, 0.15) is 28.2 Å². The second-order valence-corrected chi connectivity index (χ2v) is 7.55. The fourth-order valence-corrected chi connectivity index (χ4v) is 3.74. The van der Waals surface area contributed by atoms with E-state index >= 15 is 0 Å². The van der Waals surface area contributed by atoms with Crippen molar-refractivity contribution in [3.63, 3.8) is 0 Å². The van der Waals surface area contributed by atoms with Gasteiger partial charge in [-0.3, -0.25) is 9.59 Å². The van der Waals surface area contributed by atoms with Crippen molar-refractivity contribution in [1.29, 1.82) is 5.26 Å². The molecule has 3 aromatic rings. The third-order valence-corrected chi connectivity index (χ3v) is 5.39. The molecule has 154 valence electrons. The lowest BCUT2D eigenvalue weighted by atomic mass is 10.0. The summed E-state index contributed by atoms with van der Waals surface area (Å²) in [7, 11) is 0. The van der Waals surface area contributed by atoms with Gasteiger partial charge in [0.1, 0.15) is 5.82 Å². The maximum Gasteiger partial charge on any atom is 0.253 e. The van der Waals surface area contributed by atoms with Gasteiger partial charge in [-0.2, -0.15) is 5.26 Å². The zero-order valence-electron chi connectivity index (χ0n) is 16.9. The fraction of sp³-hybridized carbons (Fsp3) is 0.208. The van der Waals surface area contributed by atoms with Crippen LogP contribution >= 0.6 is 0 Å². The highest BCUT2D eigenvalue weighted by Gasteiger charge is 2.27. The molecule has 1 fully saturated rings. The van der Waals surface area contributed by atoms with Crippen LogP contribution in [0.25, 0.3) is 10.9 Å². The summed E-state index contributed by atoms with van der Waals surface area (Å²) in [6, 6.07) is 14.4. The standard InChI is InChI=1S/C24H21N5O2/c1-2-23(30)27-20-7-5-18(6-8-20)24(31)29-10-9-17(15-29)12-22-26-14-19-4-3-16(13-25)11-21(19)28-22/h2-8,11,14,17H,1,9-10,12,15H2,(H,27,30)/t17-/m0/s1. The van der Waals surface area contributed by atoms with Crippen molar-refractivity contribution in [2.24, 2.45) is 5.92 Å². The fourth-order valence-electron chi connectivity index (χ4n) is 3.74. The molecule has 1 aliphatic rings. The molecule has 1 atom stereocenters. The number of nitriles is 1. The zero-order chi connectivity index (χ0) is 21.8. The number of benzene rings is 2. The Bertz CT molecular complexity index is 1200. The van der Waals surface area contributed by atoms with Gasteiger partial charge >= 0.3 is 0 Å². The first-order chi connectivity index (χ1) is 15.1. The van der Waals surface area contributed by atoms with Crippen molar-refractivity contribution in [3.8, 4) is 6.07 Å². The van der Waals surface area contributed by atoms with Gasteiger partial charge in [-0.25, -0.2) is 9.97 Å². The summed E-state index contributed by atoms with van der Waals surface area (Å²) in [4.78, 5) is 35.1. The first-order valence-corrected chi connectivity index (χ1v) is 10.0. The average Bonchev–Trinajstić information content (AvgIpc) is 3.27. The highest BCUT2D eigenvalue weighted by molar-refractivity contribution is 5.99. The van der Waals surface area contributed by atoms with Gasteiger partial charge < -0.3 is 10.2 Å². The maximum absolute atomic E-state index is 12.8. The summed E-state index contributed by atoms with van der Waals surface area (Å²) >= 11 is 0. The van der Waals surface area contributed by atoms with Crippen LogP contribution in [0.4, 0.5) is 5.69 Å². The van der Waals surface area contributed by atoms with Crippen LogP contribution in [0.5, 0.6) is 0 Å². The topological polar surface area (TPSA) is 99.0 Å². The predicted molar refractivity (Wildman–Crippen MR) is 117 cm³/mol. The highest BCUT2D eigenvalue weighted by atomic mass is 16.2. The molecule has 31 heavy (non-hydrogen) atoms. The van der Waals surface area contributed by atoms with E-state index in [0.717, 1.165) is 23.1 Å². The number of aromatic nitrogens is 2. The molecule has 1 N–H and O–H groups in total. The van der Waals surface area contributed by atoms with E-state index in [0.29, 0.717) is 36.3 Å². The molecule has 0 aliphatic carbocycles. The Kier molecular flexibility index (Phi) is 5.72. The minimum atomic E-state index is -0.291. The molecule has 2 amide bonds. The quantitative estimate of drug-likeness (QED) is 0.649. The van der Waals surface area contributed by atoms with Gasteiger partial charge in [-0.05, 0) is 60.9 Å². The van der Waals surface area contributed by atoms with Crippen molar-refractivity contribution in [3.05, 3.63) is 78.3 Å². The number of hydrogen-bond donors (Lipinski definition) is 1. The molecule has 2 aromatic carbocycles. The number of carbonyl (C=O) groups excluding carboxylic acids is 2. The van der Waals surface area contributed by atoms with Gasteiger partial charge in [-0.1, -0.05) is 6.58 Å². The Morgan fingerprint density at radius 1 is 1.26 bits per heavy atom. The van der Waals surface area contributed by atoms with E-state index in [1.54, 1.807) is 42.6 Å². The van der Waals surface area contributed by atoms with Gasteiger partial charge in [0, 0.05) is 42.3 Å². The summed E-state index contributed by atoms with van der Waals surface area (Å²) in [6.07, 6.45) is 4.55. The number of amides is 2. The van der Waals surface area contributed by atoms with Crippen molar-refractivity contribution in [2.75, 3.05) is 18.4 Å². The Morgan fingerprint density at radius 2 is 2.06 bits per heavy atom. The Hall–Kier alpha value is -4.05. The van der Waals surface area contributed by atoms with Crippen molar-refractivity contribution >= 4 is 28.4 Å². The summed E-state index contributed by atoms with van der Waals surface area (Å²) in [5, 5.41) is 12.7. The number of anilines is 1. The number of rotatable bonds is 5. The lowest BCUT2D eigenvalue weighted by molar-refractivity contribution is -0.111. The van der Waals surface area contributed by atoms with Gasteiger partial charge in [0.15, 0.2) is 0 Å². The summed E-state index contributed by atoms with van der Waals surface area (Å²) in [5.74, 6) is 0.694. The van der Waals surface area contributed by atoms with Crippen molar-refractivity contribution in [2.45, 2.75) is 12.8 Å². The first kappa shape index (κ1) is 20.2. The van der Waals surface area contributed by atoms with Gasteiger partial charge in [-0.15, -0.1) is 0 Å². The van der Waals surface area contributed by atoms with E-state index in [2.05, 4.69) is 27.9 Å². The van der Waals surface area contributed by atoms with E-state index in [4.69, 9.17) is 5.26 Å². The minimum absolute atomic E-state index is 0.0258. The number of carbonyl (C=O) groups is 2. The Morgan fingerprint density at radius 3 is 2.81 bits per heavy atom. The zero-order valence-corrected chi connectivity index (χ0v) is 16.9. The largest absolute Gasteiger partial charge is 0.338 e. The van der Waals surface area contributed by atoms with Crippen LogP contribution < -0.4 is 5.32 Å². The van der Waals surface area contributed by atoms with Crippen molar-refractivity contribution in [1.82, 2.24) is 14.9 Å². The molecule has 7 nitrogen and oxygen atoms in total. The second-order valence-electron chi connectivity index (χ2n) is 7.55. The minimum Gasteiger partial charge on any atom is -0.338 e. The number of likely N-dealkylation sites (tertiary alicyclic amines) is 1. The van der Waals surface area contributed by atoms with E-state index in [1.807, 2.05) is 11.0 Å². The summed E-state index contributed by atoms with van der Waals surface area (Å²) in [5.41, 5.74) is 2.54. The molecule has 0 radical (unpaired) electrons. The molecule has 0 unspecified atom stereocenters. The van der Waals surface area contributed by atoms with Gasteiger partial charge in [0.25, 0.3) is 5.91 Å². The van der Waals surface area contributed by atoms with Gasteiger partial charge in [0.05, 0.1) is 17.1 Å². The van der Waals surface area contributed by atoms with E-state index in [9.17, 15) is 9.59 Å². The molecule has 2 heterocycles. The van der Waals surface area contributed by atoms with Crippen LogP contribution in [0, 0.1) is 17.2 Å². The average molecular weight is 411 g/mol. The normalized spacial score (nSPS) is 15.5. The molecular weight excluding hydrogens is 390 g/mol. The lowest BCUT2D eigenvalue weighted by Crippen LogP contribution is -2.29. The van der Waals surface area contributed by atoms with Crippen molar-refractivity contribution < 1.29 is 9.59 Å². The van der Waals surface area contributed by atoms with Crippen LogP contribution in [-0.2, 0) is 11.2 Å². The molecule has 1 aromatic heterocycles. The predicted octanol–water partition coefficient (Wildman–Crippen LogP) is 3.33. The lowest BCUT2D eigenvalue weighted by Gasteiger charge is -2.17. The summed E-state index contributed by atoms with van der Waals surface area (Å²) < 4.78 is 0. The Labute approximate surface area is 180 Å². The molecule has 4 rings (SSSR count). The molecule has 0 spiro atoms. The van der Waals surface area contributed by atoms with Crippen LogP contribution in [0.2, 0.25) is 0 Å². The maximum atomic E-state index is 12.8.